The van der Waals surface area contributed by atoms with Gasteiger partial charge in [-0.1, -0.05) is 43.0 Å². The Balaban J connectivity index is 2.16. The second-order valence-electron chi connectivity index (χ2n) is 6.92. The monoisotopic (exact) mass is 353 g/mol. The first-order valence-corrected chi connectivity index (χ1v) is 12.8. The molecule has 0 bridgehead atoms. The van der Waals surface area contributed by atoms with Crippen molar-refractivity contribution < 1.29 is 4.74 Å². The molecule has 1 aromatic heterocycles. The van der Waals surface area contributed by atoms with Crippen LogP contribution in [0, 0.1) is 0 Å². The fourth-order valence-electron chi connectivity index (χ4n) is 2.82. The Kier molecular flexibility index (Phi) is 4.70. The second-order valence-corrected chi connectivity index (χ2v) is 12.8. The molecule has 0 amide bonds. The second kappa shape index (κ2) is 6.61. The lowest BCUT2D eigenvalue weighted by Crippen LogP contribution is -2.37. The van der Waals surface area contributed by atoms with E-state index in [1.54, 1.807) is 18.9 Å². The molecule has 2 aromatic carbocycles. The molecule has 0 saturated heterocycles. The SMILES string of the molecule is COc1ccc(-c2ncc3cc([Si](C)(C)C)ccc3c2SC)cc1. The lowest BCUT2D eigenvalue weighted by molar-refractivity contribution is 0.415. The third kappa shape index (κ3) is 3.21. The average Bonchev–Trinajstić information content (AvgIpc) is 2.59. The maximum Gasteiger partial charge on any atom is 0.118 e. The highest BCUT2D eigenvalue weighted by Gasteiger charge is 2.18. The van der Waals surface area contributed by atoms with E-state index in [9.17, 15) is 0 Å². The van der Waals surface area contributed by atoms with Gasteiger partial charge in [-0.25, -0.2) is 0 Å². The van der Waals surface area contributed by atoms with Crippen LogP contribution in [0.4, 0.5) is 0 Å². The number of ether oxygens (including phenoxy) is 1. The normalized spacial score (nSPS) is 11.7. The maximum absolute atomic E-state index is 5.26. The molecule has 24 heavy (non-hydrogen) atoms. The number of benzene rings is 2. The summed E-state index contributed by atoms with van der Waals surface area (Å²) in [6.45, 7) is 7.13. The Bertz CT molecular complexity index is 869. The Morgan fingerprint density at radius 1 is 1.00 bits per heavy atom. The molecular weight excluding hydrogens is 330 g/mol. The molecule has 1 heterocycles. The summed E-state index contributed by atoms with van der Waals surface area (Å²) in [5.74, 6) is 0.866. The minimum Gasteiger partial charge on any atom is -0.497 e. The average molecular weight is 354 g/mol. The van der Waals surface area contributed by atoms with Crippen molar-refractivity contribution in [2.45, 2.75) is 24.5 Å². The first-order valence-electron chi connectivity index (χ1n) is 8.05. The van der Waals surface area contributed by atoms with E-state index in [0.717, 1.165) is 17.0 Å². The van der Waals surface area contributed by atoms with E-state index in [-0.39, 0.29) is 0 Å². The molecule has 0 fully saturated rings. The number of nitrogens with zero attached hydrogens (tertiary/aromatic N) is 1. The van der Waals surface area contributed by atoms with Crippen molar-refractivity contribution in [1.82, 2.24) is 4.98 Å². The molecule has 3 rings (SSSR count). The van der Waals surface area contributed by atoms with Crippen LogP contribution >= 0.6 is 11.8 Å². The molecule has 4 heteroatoms. The maximum atomic E-state index is 5.26. The Hall–Kier alpha value is -1.78. The topological polar surface area (TPSA) is 22.1 Å². The van der Waals surface area contributed by atoms with Crippen molar-refractivity contribution in [3.05, 3.63) is 48.7 Å². The lowest BCUT2D eigenvalue weighted by atomic mass is 10.1. The summed E-state index contributed by atoms with van der Waals surface area (Å²) in [7, 11) is 0.373. The molecule has 0 unspecified atom stereocenters. The lowest BCUT2D eigenvalue weighted by Gasteiger charge is -2.18. The van der Waals surface area contributed by atoms with Gasteiger partial charge in [0.05, 0.1) is 20.9 Å². The minimum atomic E-state index is -1.31. The third-order valence-corrected chi connectivity index (χ3v) is 7.14. The standard InChI is InChI=1S/C20H23NOSSi/c1-22-16-8-6-14(7-9-16)19-20(23-2)18-11-10-17(24(3,4)5)12-15(18)13-21-19/h6-13H,1-5H3. The number of methoxy groups -OCH3 is 1. The molecule has 0 N–H and O–H groups in total. The summed E-state index contributed by atoms with van der Waals surface area (Å²) < 4.78 is 5.26. The molecule has 0 radical (unpaired) electrons. The zero-order valence-electron chi connectivity index (χ0n) is 14.9. The summed E-state index contributed by atoms with van der Waals surface area (Å²) in [4.78, 5) is 6.02. The molecule has 0 atom stereocenters. The molecule has 124 valence electrons. The predicted octanol–water partition coefficient (Wildman–Crippen LogP) is 5.18. The van der Waals surface area contributed by atoms with Gasteiger partial charge < -0.3 is 4.74 Å². The fourth-order valence-corrected chi connectivity index (χ4v) is 4.77. The number of hydrogen-bond acceptors (Lipinski definition) is 3. The first-order chi connectivity index (χ1) is 11.4. The van der Waals surface area contributed by atoms with Crippen LogP contribution in [0.5, 0.6) is 5.75 Å². The highest BCUT2D eigenvalue weighted by molar-refractivity contribution is 7.99. The van der Waals surface area contributed by atoms with Gasteiger partial charge in [0.2, 0.25) is 0 Å². The van der Waals surface area contributed by atoms with Crippen molar-refractivity contribution >= 4 is 35.8 Å². The van der Waals surface area contributed by atoms with Crippen LogP contribution in [0.25, 0.3) is 22.0 Å². The van der Waals surface area contributed by atoms with E-state index in [1.165, 1.54) is 20.9 Å². The Morgan fingerprint density at radius 2 is 1.71 bits per heavy atom. The van der Waals surface area contributed by atoms with Crippen LogP contribution in [0.15, 0.2) is 53.6 Å². The number of fused-ring (bicyclic) bond motifs is 1. The zero-order chi connectivity index (χ0) is 17.3. The molecule has 0 aliphatic heterocycles. The number of hydrogen-bond donors (Lipinski definition) is 0. The van der Waals surface area contributed by atoms with Gasteiger partial charge in [0.15, 0.2) is 0 Å². The van der Waals surface area contributed by atoms with Gasteiger partial charge in [0.1, 0.15) is 5.75 Å². The van der Waals surface area contributed by atoms with Crippen LogP contribution in [0.3, 0.4) is 0 Å². The van der Waals surface area contributed by atoms with Gasteiger partial charge in [-0.15, -0.1) is 11.8 Å². The van der Waals surface area contributed by atoms with E-state index in [4.69, 9.17) is 9.72 Å². The summed E-state index contributed by atoms with van der Waals surface area (Å²) >= 11 is 1.76. The van der Waals surface area contributed by atoms with Gasteiger partial charge in [-0.2, -0.15) is 0 Å². The molecule has 0 aliphatic carbocycles. The van der Waals surface area contributed by atoms with Crippen molar-refractivity contribution in [3.63, 3.8) is 0 Å². The number of pyridine rings is 1. The van der Waals surface area contributed by atoms with Crippen LogP contribution in [-0.4, -0.2) is 26.4 Å². The largest absolute Gasteiger partial charge is 0.497 e. The van der Waals surface area contributed by atoms with Gasteiger partial charge >= 0.3 is 0 Å². The summed E-state index contributed by atoms with van der Waals surface area (Å²) in [5.41, 5.74) is 2.16. The molecule has 2 nitrogen and oxygen atoms in total. The molecule has 0 aliphatic rings. The summed E-state index contributed by atoms with van der Waals surface area (Å²) in [6, 6.07) is 15.0. The van der Waals surface area contributed by atoms with E-state index in [0.29, 0.717) is 0 Å². The number of thioether (sulfide) groups is 1. The van der Waals surface area contributed by atoms with Gasteiger partial charge in [0.25, 0.3) is 0 Å². The molecule has 3 aromatic rings. The number of rotatable bonds is 4. The summed E-state index contributed by atoms with van der Waals surface area (Å²) in [5, 5.41) is 3.99. The minimum absolute atomic E-state index is 0.866. The van der Waals surface area contributed by atoms with Crippen LogP contribution in [0.1, 0.15) is 0 Å². The van der Waals surface area contributed by atoms with Gasteiger partial charge in [-0.3, -0.25) is 4.98 Å². The van der Waals surface area contributed by atoms with Crippen molar-refractivity contribution in [3.8, 4) is 17.0 Å². The Labute approximate surface area is 149 Å². The fraction of sp³-hybridized carbons (Fsp3) is 0.250. The highest BCUT2D eigenvalue weighted by Crippen LogP contribution is 2.35. The molecule has 0 spiro atoms. The van der Waals surface area contributed by atoms with E-state index in [2.05, 4.69) is 56.2 Å². The Morgan fingerprint density at radius 3 is 2.29 bits per heavy atom. The number of aromatic nitrogens is 1. The summed E-state index contributed by atoms with van der Waals surface area (Å²) in [6.07, 6.45) is 4.13. The van der Waals surface area contributed by atoms with Gasteiger partial charge in [-0.05, 0) is 35.9 Å². The van der Waals surface area contributed by atoms with E-state index in [1.807, 2.05) is 18.3 Å². The van der Waals surface area contributed by atoms with E-state index >= 15 is 0 Å². The highest BCUT2D eigenvalue weighted by atomic mass is 32.2. The smallest absolute Gasteiger partial charge is 0.118 e. The van der Waals surface area contributed by atoms with Gasteiger partial charge in [0, 0.05) is 22.0 Å². The van der Waals surface area contributed by atoms with Crippen molar-refractivity contribution in [2.24, 2.45) is 0 Å². The van der Waals surface area contributed by atoms with E-state index < -0.39 is 8.07 Å². The predicted molar refractivity (Wildman–Crippen MR) is 108 cm³/mol. The molecule has 0 saturated carbocycles. The quantitative estimate of drug-likeness (QED) is 0.477. The zero-order valence-corrected chi connectivity index (χ0v) is 16.7. The van der Waals surface area contributed by atoms with Crippen LogP contribution < -0.4 is 9.92 Å². The first kappa shape index (κ1) is 17.1. The van der Waals surface area contributed by atoms with Crippen molar-refractivity contribution in [1.29, 1.82) is 0 Å². The molecular formula is C20H23NOSSi. The van der Waals surface area contributed by atoms with Crippen LogP contribution in [-0.2, 0) is 0 Å². The third-order valence-electron chi connectivity index (χ3n) is 4.28. The van der Waals surface area contributed by atoms with Crippen LogP contribution in [0.2, 0.25) is 19.6 Å². The van der Waals surface area contributed by atoms with Crippen molar-refractivity contribution in [2.75, 3.05) is 13.4 Å².